The number of carboxylic acid groups (broad SMARTS) is 1. The number of sulfonamides is 1. The molecule has 3 aromatic carbocycles. The lowest BCUT2D eigenvalue weighted by molar-refractivity contribution is -0.140. The predicted molar refractivity (Wildman–Crippen MR) is 141 cm³/mol. The van der Waals surface area contributed by atoms with Crippen molar-refractivity contribution >= 4 is 42.4 Å². The minimum absolute atomic E-state index is 0.0377. The summed E-state index contributed by atoms with van der Waals surface area (Å²) < 4.78 is 84.6. The van der Waals surface area contributed by atoms with Crippen LogP contribution in [0.4, 0.5) is 22.6 Å². The Bertz CT molecular complexity index is 1640. The Balaban J connectivity index is 1.70. The first-order chi connectivity index (χ1) is 18.5. The van der Waals surface area contributed by atoms with Gasteiger partial charge in [-0.15, -0.1) is 11.3 Å². The van der Waals surface area contributed by atoms with Crippen LogP contribution in [-0.4, -0.2) is 19.5 Å². The molecule has 1 N–H and O–H groups in total. The summed E-state index contributed by atoms with van der Waals surface area (Å²) in [5, 5.41) is 10.5. The van der Waals surface area contributed by atoms with Gasteiger partial charge in [0.1, 0.15) is 10.8 Å². The molecule has 204 valence electrons. The predicted octanol–water partition coefficient (Wildman–Crippen LogP) is 7.81. The van der Waals surface area contributed by atoms with E-state index in [2.05, 4.69) is 0 Å². The van der Waals surface area contributed by atoms with Crippen molar-refractivity contribution in [2.24, 2.45) is 0 Å². The topological polar surface area (TPSA) is 74.7 Å². The van der Waals surface area contributed by atoms with E-state index in [1.165, 1.54) is 23.5 Å². The number of nitrogens with zero attached hydrogens (tertiary/aromatic N) is 1. The van der Waals surface area contributed by atoms with Crippen molar-refractivity contribution in [2.75, 3.05) is 4.31 Å². The van der Waals surface area contributed by atoms with Crippen LogP contribution < -0.4 is 4.31 Å². The van der Waals surface area contributed by atoms with Gasteiger partial charge in [-0.25, -0.2) is 17.6 Å². The lowest BCUT2D eigenvalue weighted by atomic mass is 9.96. The molecule has 5 rings (SSSR count). The molecule has 11 heteroatoms. The number of aromatic carboxylic acids is 1. The molecule has 1 saturated carbocycles. The van der Waals surface area contributed by atoms with Crippen molar-refractivity contribution < 1.29 is 35.9 Å². The van der Waals surface area contributed by atoms with Crippen LogP contribution in [0.1, 0.15) is 58.6 Å². The zero-order valence-corrected chi connectivity index (χ0v) is 22.0. The zero-order valence-electron chi connectivity index (χ0n) is 20.4. The number of hydrogen-bond donors (Lipinski definition) is 1. The third kappa shape index (κ3) is 5.25. The number of alkyl halides is 3. The number of carbonyl (C=O) groups is 1. The monoisotopic (exact) mass is 577 g/mol. The smallest absolute Gasteiger partial charge is 0.419 e. The minimum atomic E-state index is -4.96. The molecule has 0 spiro atoms. The van der Waals surface area contributed by atoms with E-state index < -0.39 is 40.1 Å². The number of rotatable bonds is 7. The fourth-order valence-corrected chi connectivity index (χ4v) is 8.04. The molecular formula is C28H23F4NO4S2. The maximum atomic E-state index is 14.1. The van der Waals surface area contributed by atoms with Crippen molar-refractivity contribution in [2.45, 2.75) is 49.2 Å². The highest BCUT2D eigenvalue weighted by atomic mass is 32.2. The van der Waals surface area contributed by atoms with Gasteiger partial charge in [-0.2, -0.15) is 13.2 Å². The largest absolute Gasteiger partial charge is 0.478 e. The molecule has 39 heavy (non-hydrogen) atoms. The summed E-state index contributed by atoms with van der Waals surface area (Å²) in [7, 11) is -4.38. The second kappa shape index (κ2) is 10.3. The van der Waals surface area contributed by atoms with E-state index in [1.807, 2.05) is 24.3 Å². The SMILES string of the molecule is O=C(O)c1ccc(S(=O)(=O)N(Cc2ccc(F)c(C(F)(F)F)c2)c2sc3ccccc3c2C2CCCC2)cc1. The van der Waals surface area contributed by atoms with Gasteiger partial charge in [0.2, 0.25) is 0 Å². The number of thiophene rings is 1. The number of anilines is 1. The molecule has 1 heterocycles. The van der Waals surface area contributed by atoms with Gasteiger partial charge >= 0.3 is 12.1 Å². The molecule has 0 aliphatic heterocycles. The van der Waals surface area contributed by atoms with Gasteiger partial charge < -0.3 is 5.11 Å². The van der Waals surface area contributed by atoms with Gasteiger partial charge in [-0.3, -0.25) is 4.31 Å². The number of benzene rings is 3. The maximum absolute atomic E-state index is 14.1. The second-order valence-electron chi connectivity index (χ2n) is 9.45. The van der Waals surface area contributed by atoms with E-state index in [9.17, 15) is 35.9 Å². The Hall–Kier alpha value is -3.44. The fraction of sp³-hybridized carbons (Fsp3) is 0.250. The molecule has 1 fully saturated rings. The third-order valence-corrected chi connectivity index (χ3v) is 10.0. The quantitative estimate of drug-likeness (QED) is 0.227. The first-order valence-corrected chi connectivity index (χ1v) is 14.5. The second-order valence-corrected chi connectivity index (χ2v) is 12.3. The summed E-state index contributed by atoms with van der Waals surface area (Å²) in [5.74, 6) is -2.60. The molecule has 0 bridgehead atoms. The molecule has 1 aromatic heterocycles. The maximum Gasteiger partial charge on any atom is 0.419 e. The van der Waals surface area contributed by atoms with E-state index in [4.69, 9.17) is 0 Å². The molecule has 1 aliphatic carbocycles. The van der Waals surface area contributed by atoms with E-state index in [1.54, 1.807) is 0 Å². The van der Waals surface area contributed by atoms with Gasteiger partial charge in [-0.05, 0) is 77.7 Å². The van der Waals surface area contributed by atoms with Crippen LogP contribution in [0, 0.1) is 5.82 Å². The Morgan fingerprint density at radius 2 is 1.67 bits per heavy atom. The van der Waals surface area contributed by atoms with Gasteiger partial charge in [0.15, 0.2) is 0 Å². The fourth-order valence-electron chi connectivity index (χ4n) is 5.06. The van der Waals surface area contributed by atoms with Gasteiger partial charge in [-0.1, -0.05) is 37.1 Å². The highest BCUT2D eigenvalue weighted by Gasteiger charge is 2.36. The summed E-state index contributed by atoms with van der Waals surface area (Å²) in [4.78, 5) is 11.1. The molecule has 0 atom stereocenters. The van der Waals surface area contributed by atoms with E-state index in [0.717, 1.165) is 63.8 Å². The zero-order chi connectivity index (χ0) is 27.9. The van der Waals surface area contributed by atoms with Crippen molar-refractivity contribution in [3.8, 4) is 0 Å². The average Bonchev–Trinajstić information content (AvgIpc) is 3.55. The molecule has 0 radical (unpaired) electrons. The van der Waals surface area contributed by atoms with Crippen LogP contribution in [0.2, 0.25) is 0 Å². The molecule has 0 unspecified atom stereocenters. The first-order valence-electron chi connectivity index (χ1n) is 12.2. The number of halogens is 4. The van der Waals surface area contributed by atoms with Gasteiger partial charge in [0.25, 0.3) is 10.0 Å². The Labute approximate surface area is 226 Å². The molecular weight excluding hydrogens is 554 g/mol. The normalized spacial score (nSPS) is 14.7. The molecule has 4 aromatic rings. The van der Waals surface area contributed by atoms with E-state index in [-0.39, 0.29) is 21.9 Å². The van der Waals surface area contributed by atoms with Crippen molar-refractivity contribution in [1.82, 2.24) is 0 Å². The molecule has 5 nitrogen and oxygen atoms in total. The van der Waals surface area contributed by atoms with Crippen molar-refractivity contribution in [3.63, 3.8) is 0 Å². The third-order valence-electron chi connectivity index (χ3n) is 6.96. The Morgan fingerprint density at radius 1 is 1.00 bits per heavy atom. The number of carboxylic acids is 1. The Kier molecular flexibility index (Phi) is 7.15. The summed E-state index contributed by atoms with van der Waals surface area (Å²) in [6.45, 7) is -0.473. The highest BCUT2D eigenvalue weighted by molar-refractivity contribution is 7.93. The van der Waals surface area contributed by atoms with Crippen LogP contribution >= 0.6 is 11.3 Å². The molecule has 0 saturated heterocycles. The van der Waals surface area contributed by atoms with E-state index >= 15 is 0 Å². The standard InChI is InChI=1S/C28H23F4NO4S2/c29-23-14-9-17(15-22(23)28(30,31)32)16-33(39(36,37)20-12-10-19(11-13-20)27(34)35)26-25(18-5-1-2-6-18)21-7-3-4-8-24(21)38-26/h3-4,7-15,18H,1-2,5-6,16H2,(H,34,35). The van der Waals surface area contributed by atoms with Crippen LogP contribution in [-0.2, 0) is 22.7 Å². The minimum Gasteiger partial charge on any atom is -0.478 e. The van der Waals surface area contributed by atoms with Crippen LogP contribution in [0.5, 0.6) is 0 Å². The van der Waals surface area contributed by atoms with Crippen molar-refractivity contribution in [3.05, 3.63) is 94.8 Å². The number of fused-ring (bicyclic) bond motifs is 1. The van der Waals surface area contributed by atoms with Crippen LogP contribution in [0.3, 0.4) is 0 Å². The summed E-state index contributed by atoms with van der Waals surface area (Å²) >= 11 is 1.24. The first kappa shape index (κ1) is 27.1. The van der Waals surface area contributed by atoms with Gasteiger partial charge in [0.05, 0.1) is 22.6 Å². The highest BCUT2D eigenvalue weighted by Crippen LogP contribution is 2.49. The number of hydrogen-bond acceptors (Lipinski definition) is 4. The average molecular weight is 578 g/mol. The molecule has 0 amide bonds. The lowest BCUT2D eigenvalue weighted by Crippen LogP contribution is -2.31. The summed E-state index contributed by atoms with van der Waals surface area (Å²) in [6.07, 6.45) is -1.30. The molecule has 1 aliphatic rings. The lowest BCUT2D eigenvalue weighted by Gasteiger charge is -2.26. The van der Waals surface area contributed by atoms with Crippen molar-refractivity contribution in [1.29, 1.82) is 0 Å². The van der Waals surface area contributed by atoms with Crippen LogP contribution in [0.25, 0.3) is 10.1 Å². The summed E-state index contributed by atoms with van der Waals surface area (Å²) in [6, 6.07) is 14.6. The van der Waals surface area contributed by atoms with Crippen LogP contribution in [0.15, 0.2) is 71.6 Å². The Morgan fingerprint density at radius 3 is 2.31 bits per heavy atom. The van der Waals surface area contributed by atoms with Gasteiger partial charge in [0, 0.05) is 4.70 Å². The summed E-state index contributed by atoms with van der Waals surface area (Å²) in [5.41, 5.74) is -0.792. The van der Waals surface area contributed by atoms with E-state index in [0.29, 0.717) is 17.1 Å².